The minimum Gasteiger partial charge on any atom is -0.379 e. The zero-order valence-corrected chi connectivity index (χ0v) is 14.0. The van der Waals surface area contributed by atoms with Crippen molar-refractivity contribution in [3.8, 4) is 0 Å². The second-order valence-corrected chi connectivity index (χ2v) is 7.98. The SMILES string of the molecule is CCCCS(=O)(=O)NCc1nc(CN2CCOCC2)cs1. The average molecular weight is 333 g/mol. The van der Waals surface area contributed by atoms with E-state index in [9.17, 15) is 8.42 Å². The van der Waals surface area contributed by atoms with E-state index in [0.717, 1.165) is 50.0 Å². The van der Waals surface area contributed by atoms with Crippen LogP contribution in [0.2, 0.25) is 0 Å². The number of ether oxygens (including phenoxy) is 1. The summed E-state index contributed by atoms with van der Waals surface area (Å²) in [5.74, 6) is 0.190. The number of thiazole rings is 1. The molecule has 2 rings (SSSR count). The third kappa shape index (κ3) is 5.99. The molecule has 21 heavy (non-hydrogen) atoms. The van der Waals surface area contributed by atoms with E-state index in [1.54, 1.807) is 0 Å². The summed E-state index contributed by atoms with van der Waals surface area (Å²) >= 11 is 1.51. The summed E-state index contributed by atoms with van der Waals surface area (Å²) in [4.78, 5) is 6.80. The van der Waals surface area contributed by atoms with Crippen molar-refractivity contribution in [2.75, 3.05) is 32.1 Å². The standard InChI is InChI=1S/C13H23N3O3S2/c1-2-3-8-21(17,18)14-9-13-15-12(11-20-13)10-16-4-6-19-7-5-16/h11,14H,2-10H2,1H3. The molecule has 6 nitrogen and oxygen atoms in total. The Hall–Kier alpha value is -0.540. The first-order chi connectivity index (χ1) is 10.1. The molecule has 0 aromatic carbocycles. The molecule has 0 radical (unpaired) electrons. The summed E-state index contributed by atoms with van der Waals surface area (Å²) in [6, 6.07) is 0. The molecule has 0 unspecified atom stereocenters. The maximum Gasteiger partial charge on any atom is 0.211 e. The molecule has 1 aromatic heterocycles. The Bertz CT molecular complexity index is 525. The van der Waals surface area contributed by atoms with Crippen LogP contribution >= 0.6 is 11.3 Å². The molecule has 1 fully saturated rings. The van der Waals surface area contributed by atoms with Crippen LogP contribution in [0.5, 0.6) is 0 Å². The van der Waals surface area contributed by atoms with Crippen molar-refractivity contribution in [1.82, 2.24) is 14.6 Å². The maximum atomic E-state index is 11.7. The fourth-order valence-electron chi connectivity index (χ4n) is 2.07. The summed E-state index contributed by atoms with van der Waals surface area (Å²) in [5.41, 5.74) is 1.00. The smallest absolute Gasteiger partial charge is 0.211 e. The monoisotopic (exact) mass is 333 g/mol. The number of hydrogen-bond acceptors (Lipinski definition) is 6. The van der Waals surface area contributed by atoms with E-state index in [1.165, 1.54) is 11.3 Å². The number of rotatable bonds is 8. The van der Waals surface area contributed by atoms with E-state index in [1.807, 2.05) is 12.3 Å². The lowest BCUT2D eigenvalue weighted by molar-refractivity contribution is 0.0337. The highest BCUT2D eigenvalue weighted by Crippen LogP contribution is 2.13. The van der Waals surface area contributed by atoms with Crippen LogP contribution in [0.3, 0.4) is 0 Å². The lowest BCUT2D eigenvalue weighted by Gasteiger charge is -2.25. The molecular formula is C13H23N3O3S2. The molecule has 0 spiro atoms. The highest BCUT2D eigenvalue weighted by atomic mass is 32.2. The van der Waals surface area contributed by atoms with Crippen molar-refractivity contribution >= 4 is 21.4 Å². The third-order valence-electron chi connectivity index (χ3n) is 3.30. The zero-order chi connectivity index (χ0) is 15.1. The second-order valence-electron chi connectivity index (χ2n) is 5.11. The number of nitrogens with zero attached hydrogens (tertiary/aromatic N) is 2. The van der Waals surface area contributed by atoms with E-state index in [-0.39, 0.29) is 5.75 Å². The lowest BCUT2D eigenvalue weighted by atomic mass is 10.3. The Kier molecular flexibility index (Phi) is 6.56. The fourth-order valence-corrected chi connectivity index (χ4v) is 4.06. The van der Waals surface area contributed by atoms with Gasteiger partial charge in [0, 0.05) is 25.0 Å². The van der Waals surface area contributed by atoms with Crippen LogP contribution in [0.25, 0.3) is 0 Å². The Morgan fingerprint density at radius 1 is 1.43 bits per heavy atom. The van der Waals surface area contributed by atoms with Crippen molar-refractivity contribution < 1.29 is 13.2 Å². The second kappa shape index (κ2) is 8.19. The topological polar surface area (TPSA) is 71.5 Å². The van der Waals surface area contributed by atoms with Crippen LogP contribution in [0.1, 0.15) is 30.5 Å². The number of unbranched alkanes of at least 4 members (excludes halogenated alkanes) is 1. The molecule has 0 aliphatic carbocycles. The number of morpholine rings is 1. The van der Waals surface area contributed by atoms with Crippen LogP contribution in [0.15, 0.2) is 5.38 Å². The Morgan fingerprint density at radius 2 is 2.19 bits per heavy atom. The number of nitrogens with one attached hydrogen (secondary N) is 1. The van der Waals surface area contributed by atoms with E-state index in [0.29, 0.717) is 13.0 Å². The highest BCUT2D eigenvalue weighted by molar-refractivity contribution is 7.89. The van der Waals surface area contributed by atoms with Crippen molar-refractivity contribution in [3.63, 3.8) is 0 Å². The number of hydrogen-bond donors (Lipinski definition) is 1. The molecule has 0 amide bonds. The molecule has 1 aliphatic heterocycles. The highest BCUT2D eigenvalue weighted by Gasteiger charge is 2.14. The first-order valence-electron chi connectivity index (χ1n) is 7.30. The summed E-state index contributed by atoms with van der Waals surface area (Å²) in [5, 5.41) is 2.82. The first kappa shape index (κ1) is 16.8. The van der Waals surface area contributed by atoms with Gasteiger partial charge in [-0.1, -0.05) is 13.3 Å². The Balaban J connectivity index is 1.79. The van der Waals surface area contributed by atoms with E-state index in [2.05, 4.69) is 14.6 Å². The van der Waals surface area contributed by atoms with Gasteiger partial charge in [0.15, 0.2) is 0 Å². The molecule has 1 aliphatic rings. The third-order valence-corrected chi connectivity index (χ3v) is 5.61. The molecule has 1 N–H and O–H groups in total. The van der Waals surface area contributed by atoms with Crippen LogP contribution in [-0.4, -0.2) is 50.4 Å². The summed E-state index contributed by atoms with van der Waals surface area (Å²) < 4.78 is 31.4. The van der Waals surface area contributed by atoms with Gasteiger partial charge in [0.25, 0.3) is 0 Å². The van der Waals surface area contributed by atoms with Crippen molar-refractivity contribution in [3.05, 3.63) is 16.1 Å². The summed E-state index contributed by atoms with van der Waals surface area (Å²) in [7, 11) is -3.17. The lowest BCUT2D eigenvalue weighted by Crippen LogP contribution is -2.35. The molecule has 8 heteroatoms. The largest absolute Gasteiger partial charge is 0.379 e. The van der Waals surface area contributed by atoms with Gasteiger partial charge in [0.1, 0.15) is 5.01 Å². The molecule has 1 aromatic rings. The molecule has 0 saturated carbocycles. The molecule has 2 heterocycles. The molecule has 0 bridgehead atoms. The maximum absolute atomic E-state index is 11.7. The van der Waals surface area contributed by atoms with Crippen LogP contribution in [0.4, 0.5) is 0 Å². The number of aromatic nitrogens is 1. The van der Waals surface area contributed by atoms with Gasteiger partial charge in [-0.25, -0.2) is 18.1 Å². The van der Waals surface area contributed by atoms with E-state index < -0.39 is 10.0 Å². The Labute approximate surface area is 130 Å². The zero-order valence-electron chi connectivity index (χ0n) is 12.4. The number of sulfonamides is 1. The molecule has 1 saturated heterocycles. The van der Waals surface area contributed by atoms with E-state index in [4.69, 9.17) is 4.74 Å². The Morgan fingerprint density at radius 3 is 2.90 bits per heavy atom. The predicted molar refractivity (Wildman–Crippen MR) is 83.7 cm³/mol. The predicted octanol–water partition coefficient (Wildman–Crippen LogP) is 1.19. The van der Waals surface area contributed by atoms with Gasteiger partial charge in [-0.15, -0.1) is 11.3 Å². The average Bonchev–Trinajstić information content (AvgIpc) is 2.92. The van der Waals surface area contributed by atoms with Crippen LogP contribution in [0, 0.1) is 0 Å². The van der Waals surface area contributed by atoms with Gasteiger partial charge in [-0.05, 0) is 6.42 Å². The molecular weight excluding hydrogens is 310 g/mol. The summed E-state index contributed by atoms with van der Waals surface area (Å²) in [6.45, 7) is 6.48. The van der Waals surface area contributed by atoms with Crippen LogP contribution < -0.4 is 4.72 Å². The normalized spacial score (nSPS) is 17.2. The van der Waals surface area contributed by atoms with Gasteiger partial charge in [-0.2, -0.15) is 0 Å². The first-order valence-corrected chi connectivity index (χ1v) is 9.83. The van der Waals surface area contributed by atoms with Gasteiger partial charge in [-0.3, -0.25) is 4.90 Å². The minimum absolute atomic E-state index is 0.190. The molecule has 120 valence electrons. The van der Waals surface area contributed by atoms with Gasteiger partial charge >= 0.3 is 0 Å². The van der Waals surface area contributed by atoms with Gasteiger partial charge < -0.3 is 4.74 Å². The quantitative estimate of drug-likeness (QED) is 0.774. The van der Waals surface area contributed by atoms with E-state index >= 15 is 0 Å². The fraction of sp³-hybridized carbons (Fsp3) is 0.769. The van der Waals surface area contributed by atoms with Gasteiger partial charge in [0.05, 0.1) is 31.2 Å². The molecule has 0 atom stereocenters. The minimum atomic E-state index is -3.17. The van der Waals surface area contributed by atoms with Crippen LogP contribution in [-0.2, 0) is 27.8 Å². The van der Waals surface area contributed by atoms with Gasteiger partial charge in [0.2, 0.25) is 10.0 Å². The van der Waals surface area contributed by atoms with Crippen molar-refractivity contribution in [2.45, 2.75) is 32.9 Å². The summed E-state index contributed by atoms with van der Waals surface area (Å²) in [6.07, 6.45) is 1.57. The van der Waals surface area contributed by atoms with Crippen molar-refractivity contribution in [2.24, 2.45) is 0 Å². The van der Waals surface area contributed by atoms with Crippen molar-refractivity contribution in [1.29, 1.82) is 0 Å².